The molecule has 0 aromatic heterocycles. The second kappa shape index (κ2) is 6.73. The van der Waals surface area contributed by atoms with Gasteiger partial charge in [0.25, 0.3) is 0 Å². The molecule has 0 radical (unpaired) electrons. The lowest BCUT2D eigenvalue weighted by Gasteiger charge is -2.22. The Kier molecular flexibility index (Phi) is 5.00. The van der Waals surface area contributed by atoms with Crippen LogP contribution in [0.2, 0.25) is 0 Å². The van der Waals surface area contributed by atoms with Crippen LogP contribution in [0, 0.1) is 0 Å². The van der Waals surface area contributed by atoms with E-state index in [-0.39, 0.29) is 12.0 Å². The van der Waals surface area contributed by atoms with Crippen LogP contribution in [0.15, 0.2) is 41.9 Å². The van der Waals surface area contributed by atoms with Gasteiger partial charge in [-0.1, -0.05) is 48.5 Å². The summed E-state index contributed by atoms with van der Waals surface area (Å²) in [5, 5.41) is 0.558. The van der Waals surface area contributed by atoms with Gasteiger partial charge >= 0.3 is 5.97 Å². The molecule has 1 aliphatic heterocycles. The molecule has 0 bridgehead atoms. The number of hydrogen-bond acceptors (Lipinski definition) is 3. The van der Waals surface area contributed by atoms with Crippen molar-refractivity contribution in [2.75, 3.05) is 13.1 Å². The van der Waals surface area contributed by atoms with Gasteiger partial charge in [-0.3, -0.25) is 9.69 Å². The SMILES string of the molecule is C=C(Cl)CN1CCCC1C(=O)OCc1ccccc1. The maximum Gasteiger partial charge on any atom is 0.323 e. The first-order valence-corrected chi connectivity index (χ1v) is 6.82. The average molecular weight is 280 g/mol. The fourth-order valence-electron chi connectivity index (χ4n) is 2.33. The minimum absolute atomic E-state index is 0.167. The van der Waals surface area contributed by atoms with E-state index >= 15 is 0 Å². The summed E-state index contributed by atoms with van der Waals surface area (Å²) in [6.45, 7) is 5.42. The quantitative estimate of drug-likeness (QED) is 0.776. The number of rotatable bonds is 5. The molecule has 0 aliphatic carbocycles. The molecule has 1 aromatic carbocycles. The van der Waals surface area contributed by atoms with E-state index in [1.807, 2.05) is 35.2 Å². The van der Waals surface area contributed by atoms with E-state index in [0.717, 1.165) is 24.9 Å². The molecule has 0 N–H and O–H groups in total. The molecule has 1 aliphatic rings. The number of carbonyl (C=O) groups is 1. The zero-order valence-electron chi connectivity index (χ0n) is 10.8. The number of halogens is 1. The van der Waals surface area contributed by atoms with Gasteiger partial charge in [0, 0.05) is 11.6 Å². The molecule has 1 aromatic rings. The van der Waals surface area contributed by atoms with Crippen LogP contribution in [-0.4, -0.2) is 30.0 Å². The van der Waals surface area contributed by atoms with Crippen LogP contribution >= 0.6 is 11.6 Å². The normalized spacial score (nSPS) is 19.3. The molecule has 0 saturated carbocycles. The fraction of sp³-hybridized carbons (Fsp3) is 0.400. The van der Waals surface area contributed by atoms with Crippen molar-refractivity contribution in [3.05, 3.63) is 47.5 Å². The number of hydrogen-bond donors (Lipinski definition) is 0. The predicted molar refractivity (Wildman–Crippen MR) is 75.8 cm³/mol. The smallest absolute Gasteiger partial charge is 0.323 e. The molecule has 3 nitrogen and oxygen atoms in total. The lowest BCUT2D eigenvalue weighted by molar-refractivity contribution is -0.150. The summed E-state index contributed by atoms with van der Waals surface area (Å²) in [7, 11) is 0. The van der Waals surface area contributed by atoms with Gasteiger partial charge in [-0.05, 0) is 24.9 Å². The third kappa shape index (κ3) is 4.08. The van der Waals surface area contributed by atoms with Crippen molar-refractivity contribution in [3.8, 4) is 0 Å². The summed E-state index contributed by atoms with van der Waals surface area (Å²) in [5.74, 6) is -0.167. The van der Waals surface area contributed by atoms with Crippen LogP contribution in [0.1, 0.15) is 18.4 Å². The first kappa shape index (κ1) is 14.1. The number of ether oxygens (including phenoxy) is 1. The zero-order valence-corrected chi connectivity index (χ0v) is 11.6. The summed E-state index contributed by atoms with van der Waals surface area (Å²) < 4.78 is 5.37. The Bertz CT molecular complexity index is 447. The third-order valence-electron chi connectivity index (χ3n) is 3.23. The molecule has 1 saturated heterocycles. The molecule has 2 rings (SSSR count). The van der Waals surface area contributed by atoms with Crippen LogP contribution in [0.4, 0.5) is 0 Å². The number of benzene rings is 1. The molecule has 0 amide bonds. The second-order valence-electron chi connectivity index (χ2n) is 4.74. The summed E-state index contributed by atoms with van der Waals surface area (Å²) in [5.41, 5.74) is 1.00. The molecule has 4 heteroatoms. The van der Waals surface area contributed by atoms with E-state index in [9.17, 15) is 4.79 Å². The largest absolute Gasteiger partial charge is 0.460 e. The molecular formula is C15H18ClNO2. The lowest BCUT2D eigenvalue weighted by atomic mass is 10.2. The summed E-state index contributed by atoms with van der Waals surface area (Å²) >= 11 is 5.81. The van der Waals surface area contributed by atoms with Gasteiger partial charge in [0.1, 0.15) is 12.6 Å². The number of nitrogens with zero attached hydrogens (tertiary/aromatic N) is 1. The van der Waals surface area contributed by atoms with Gasteiger partial charge in [0.2, 0.25) is 0 Å². The Morgan fingerprint density at radius 3 is 2.84 bits per heavy atom. The van der Waals surface area contributed by atoms with Crippen molar-refractivity contribution < 1.29 is 9.53 Å². The van der Waals surface area contributed by atoms with Crippen LogP contribution in [-0.2, 0) is 16.1 Å². The van der Waals surface area contributed by atoms with Crippen LogP contribution in [0.3, 0.4) is 0 Å². The topological polar surface area (TPSA) is 29.5 Å². The van der Waals surface area contributed by atoms with Gasteiger partial charge in [-0.25, -0.2) is 0 Å². The maximum atomic E-state index is 12.1. The van der Waals surface area contributed by atoms with Crippen molar-refractivity contribution in [1.29, 1.82) is 0 Å². The molecule has 1 heterocycles. The van der Waals surface area contributed by atoms with E-state index in [2.05, 4.69) is 6.58 Å². The predicted octanol–water partition coefficient (Wildman–Crippen LogP) is 2.95. The van der Waals surface area contributed by atoms with Gasteiger partial charge in [0.05, 0.1) is 0 Å². The van der Waals surface area contributed by atoms with E-state index in [1.165, 1.54) is 0 Å². The minimum atomic E-state index is -0.181. The molecule has 1 unspecified atom stereocenters. The molecule has 1 atom stereocenters. The maximum absolute atomic E-state index is 12.1. The van der Waals surface area contributed by atoms with Crippen LogP contribution in [0.5, 0.6) is 0 Å². The second-order valence-corrected chi connectivity index (χ2v) is 5.27. The first-order chi connectivity index (χ1) is 9.16. The highest BCUT2D eigenvalue weighted by atomic mass is 35.5. The summed E-state index contributed by atoms with van der Waals surface area (Å²) in [4.78, 5) is 14.1. The number of carbonyl (C=O) groups excluding carboxylic acids is 1. The molecular weight excluding hydrogens is 262 g/mol. The molecule has 102 valence electrons. The van der Waals surface area contributed by atoms with Gasteiger partial charge < -0.3 is 4.74 Å². The van der Waals surface area contributed by atoms with Crippen molar-refractivity contribution >= 4 is 17.6 Å². The highest BCUT2D eigenvalue weighted by molar-refractivity contribution is 6.29. The number of esters is 1. The highest BCUT2D eigenvalue weighted by Crippen LogP contribution is 2.20. The zero-order chi connectivity index (χ0) is 13.7. The van der Waals surface area contributed by atoms with E-state index < -0.39 is 0 Å². The first-order valence-electron chi connectivity index (χ1n) is 6.44. The lowest BCUT2D eigenvalue weighted by Crippen LogP contribution is -2.37. The van der Waals surface area contributed by atoms with Gasteiger partial charge in [0.15, 0.2) is 0 Å². The molecule has 19 heavy (non-hydrogen) atoms. The number of likely N-dealkylation sites (tertiary alicyclic amines) is 1. The average Bonchev–Trinajstić information content (AvgIpc) is 2.84. The third-order valence-corrected chi connectivity index (χ3v) is 3.35. The Balaban J connectivity index is 1.87. The molecule has 1 fully saturated rings. The summed E-state index contributed by atoms with van der Waals surface area (Å²) in [6.07, 6.45) is 1.83. The minimum Gasteiger partial charge on any atom is -0.460 e. The van der Waals surface area contributed by atoms with Crippen molar-refractivity contribution in [2.45, 2.75) is 25.5 Å². The van der Waals surface area contributed by atoms with Crippen LogP contribution in [0.25, 0.3) is 0 Å². The molecule has 0 spiro atoms. The summed E-state index contributed by atoms with van der Waals surface area (Å²) in [6, 6.07) is 9.51. The van der Waals surface area contributed by atoms with E-state index in [4.69, 9.17) is 16.3 Å². The van der Waals surface area contributed by atoms with E-state index in [0.29, 0.717) is 18.2 Å². The Morgan fingerprint density at radius 2 is 2.16 bits per heavy atom. The van der Waals surface area contributed by atoms with E-state index in [1.54, 1.807) is 0 Å². The fourth-order valence-corrected chi connectivity index (χ4v) is 2.48. The Morgan fingerprint density at radius 1 is 1.42 bits per heavy atom. The van der Waals surface area contributed by atoms with Crippen molar-refractivity contribution in [1.82, 2.24) is 4.90 Å². The monoisotopic (exact) mass is 279 g/mol. The Hall–Kier alpha value is -1.32. The van der Waals surface area contributed by atoms with Crippen LogP contribution < -0.4 is 0 Å². The highest BCUT2D eigenvalue weighted by Gasteiger charge is 2.31. The van der Waals surface area contributed by atoms with Crippen molar-refractivity contribution in [3.63, 3.8) is 0 Å². The standard InChI is InChI=1S/C15H18ClNO2/c1-12(16)10-17-9-5-8-14(17)15(18)19-11-13-6-3-2-4-7-13/h2-4,6-7,14H,1,5,8-11H2. The Labute approximate surface area is 118 Å². The van der Waals surface area contributed by atoms with Crippen molar-refractivity contribution in [2.24, 2.45) is 0 Å². The van der Waals surface area contributed by atoms with Gasteiger partial charge in [-0.2, -0.15) is 0 Å². The van der Waals surface area contributed by atoms with Gasteiger partial charge in [-0.15, -0.1) is 0 Å².